The van der Waals surface area contributed by atoms with Gasteiger partial charge in [0, 0.05) is 6.54 Å². The molecule has 0 saturated carbocycles. The Morgan fingerprint density at radius 1 is 1.20 bits per heavy atom. The number of anilines is 1. The van der Waals surface area contributed by atoms with E-state index in [0.717, 1.165) is 12.1 Å². The molecule has 0 bridgehead atoms. The number of rotatable bonds is 8. The number of nitrogen functional groups attached to an aromatic ring is 1. The van der Waals surface area contributed by atoms with Crippen LogP contribution in [0.3, 0.4) is 0 Å². The number of aromatic carboxylic acids is 1. The zero-order valence-electron chi connectivity index (χ0n) is 15.6. The number of halogens is 3. The second-order valence-corrected chi connectivity index (χ2v) is 6.37. The molecule has 158 valence electrons. The first-order chi connectivity index (χ1) is 14.3. The van der Waals surface area contributed by atoms with Crippen molar-refractivity contribution >= 4 is 11.8 Å². The number of benzene rings is 1. The van der Waals surface area contributed by atoms with Crippen molar-refractivity contribution in [3.8, 4) is 17.3 Å². The number of pyridine rings is 1. The topological polar surface area (TPSA) is 116 Å². The summed E-state index contributed by atoms with van der Waals surface area (Å²) < 4.78 is 45.5. The van der Waals surface area contributed by atoms with Gasteiger partial charge < -0.3 is 20.1 Å². The average molecular weight is 421 g/mol. The highest BCUT2D eigenvalue weighted by Gasteiger charge is 2.32. The third kappa shape index (κ3) is 5.04. The second-order valence-electron chi connectivity index (χ2n) is 6.37. The first-order valence-electron chi connectivity index (χ1n) is 8.94. The minimum Gasteiger partial charge on any atom is -0.493 e. The van der Waals surface area contributed by atoms with E-state index in [1.54, 1.807) is 29.1 Å². The van der Waals surface area contributed by atoms with Crippen LogP contribution < -0.4 is 10.5 Å². The zero-order chi connectivity index (χ0) is 21.7. The summed E-state index contributed by atoms with van der Waals surface area (Å²) in [5.74, 6) is -0.676. The third-order valence-electron chi connectivity index (χ3n) is 4.20. The number of hydrogen-bond acceptors (Lipinski definition) is 6. The molecule has 0 spiro atoms. The van der Waals surface area contributed by atoms with E-state index in [0.29, 0.717) is 42.8 Å². The average Bonchev–Trinajstić information content (AvgIpc) is 3.15. The molecular formula is C19H18F3N5O3. The maximum Gasteiger partial charge on any atom is 0.416 e. The lowest BCUT2D eigenvalue weighted by atomic mass is 10.1. The highest BCUT2D eigenvalue weighted by Crippen LogP contribution is 2.32. The van der Waals surface area contributed by atoms with Gasteiger partial charge in [-0.25, -0.2) is 9.78 Å². The van der Waals surface area contributed by atoms with Crippen molar-refractivity contribution in [1.82, 2.24) is 19.7 Å². The lowest BCUT2D eigenvalue weighted by molar-refractivity contribution is -0.137. The quantitative estimate of drug-likeness (QED) is 0.535. The molecule has 2 aromatic heterocycles. The van der Waals surface area contributed by atoms with Gasteiger partial charge in [0.05, 0.1) is 12.2 Å². The van der Waals surface area contributed by atoms with Gasteiger partial charge in [-0.1, -0.05) is 6.07 Å². The normalized spacial score (nSPS) is 11.4. The van der Waals surface area contributed by atoms with Gasteiger partial charge in [-0.15, -0.1) is 10.2 Å². The molecule has 3 N–H and O–H groups in total. The number of unbranched alkanes of at least 4 members (excludes halogenated alkanes) is 1. The first kappa shape index (κ1) is 21.1. The molecule has 2 heterocycles. The predicted octanol–water partition coefficient (Wildman–Crippen LogP) is 3.50. The van der Waals surface area contributed by atoms with Gasteiger partial charge in [0.15, 0.2) is 5.82 Å². The summed E-state index contributed by atoms with van der Waals surface area (Å²) in [7, 11) is 0. The Hall–Kier alpha value is -3.63. The van der Waals surface area contributed by atoms with E-state index < -0.39 is 23.3 Å². The van der Waals surface area contributed by atoms with Gasteiger partial charge in [0.25, 0.3) is 0 Å². The molecule has 0 amide bonds. The Bertz CT molecular complexity index is 1040. The second kappa shape index (κ2) is 8.80. The Kier molecular flexibility index (Phi) is 6.19. The fourth-order valence-corrected chi connectivity index (χ4v) is 2.76. The Morgan fingerprint density at radius 3 is 2.70 bits per heavy atom. The minimum atomic E-state index is -4.63. The van der Waals surface area contributed by atoms with Crippen LogP contribution in [0.1, 0.15) is 28.8 Å². The van der Waals surface area contributed by atoms with Crippen LogP contribution in [-0.4, -0.2) is 37.4 Å². The highest BCUT2D eigenvalue weighted by molar-refractivity contribution is 5.91. The summed E-state index contributed by atoms with van der Waals surface area (Å²) in [5, 5.41) is 17.1. The summed E-state index contributed by atoms with van der Waals surface area (Å²) in [5.41, 5.74) is 4.70. The molecule has 3 rings (SSSR count). The highest BCUT2D eigenvalue weighted by atomic mass is 19.4. The van der Waals surface area contributed by atoms with Gasteiger partial charge in [0.1, 0.15) is 29.2 Å². The lowest BCUT2D eigenvalue weighted by Crippen LogP contribution is -2.10. The van der Waals surface area contributed by atoms with Crippen molar-refractivity contribution < 1.29 is 27.8 Å². The number of carbonyl (C=O) groups is 1. The van der Waals surface area contributed by atoms with Crippen LogP contribution in [0.25, 0.3) is 11.5 Å². The van der Waals surface area contributed by atoms with Crippen LogP contribution >= 0.6 is 0 Å². The molecule has 0 aliphatic heterocycles. The molecule has 0 aliphatic rings. The van der Waals surface area contributed by atoms with Crippen molar-refractivity contribution in [3.05, 3.63) is 53.9 Å². The zero-order valence-corrected chi connectivity index (χ0v) is 15.6. The van der Waals surface area contributed by atoms with Gasteiger partial charge in [0.2, 0.25) is 0 Å². The number of aromatic nitrogens is 4. The Labute approximate surface area is 169 Å². The number of nitrogens with zero attached hydrogens (tertiary/aromatic N) is 4. The van der Waals surface area contributed by atoms with E-state index in [-0.39, 0.29) is 12.4 Å². The van der Waals surface area contributed by atoms with Crippen LogP contribution in [-0.2, 0) is 12.7 Å². The summed E-state index contributed by atoms with van der Waals surface area (Å²) in [4.78, 5) is 15.5. The van der Waals surface area contributed by atoms with E-state index in [1.165, 1.54) is 0 Å². The maximum absolute atomic E-state index is 12.8. The van der Waals surface area contributed by atoms with Crippen molar-refractivity contribution in [3.63, 3.8) is 0 Å². The predicted molar refractivity (Wildman–Crippen MR) is 101 cm³/mol. The molecule has 8 nitrogen and oxygen atoms in total. The van der Waals surface area contributed by atoms with E-state index in [2.05, 4.69) is 15.2 Å². The third-order valence-corrected chi connectivity index (χ3v) is 4.20. The molecule has 0 fully saturated rings. The van der Waals surface area contributed by atoms with Gasteiger partial charge in [-0.2, -0.15) is 13.2 Å². The Balaban J connectivity index is 1.57. The smallest absolute Gasteiger partial charge is 0.416 e. The van der Waals surface area contributed by atoms with Crippen LogP contribution in [0.2, 0.25) is 0 Å². The van der Waals surface area contributed by atoms with E-state index >= 15 is 0 Å². The van der Waals surface area contributed by atoms with Crippen LogP contribution in [0.15, 0.2) is 42.7 Å². The number of aryl methyl sites for hydroxylation is 1. The standard InChI is InChI=1S/C19H18F3N5O3/c20-19(21,22)12-6-7-15(13(10-12)18(28)29)30-9-2-1-8-27-11-24-26-17(27)14-4-3-5-16(23)25-14/h3-7,10-11H,1-2,8-9H2,(H2,23,25)(H,28,29). The van der Waals surface area contributed by atoms with Crippen molar-refractivity contribution in [1.29, 1.82) is 0 Å². The monoisotopic (exact) mass is 421 g/mol. The van der Waals surface area contributed by atoms with E-state index in [9.17, 15) is 18.0 Å². The first-order valence-corrected chi connectivity index (χ1v) is 8.94. The van der Waals surface area contributed by atoms with Crippen molar-refractivity contribution in [2.45, 2.75) is 25.6 Å². The number of carboxylic acid groups (broad SMARTS) is 1. The molecule has 1 aromatic carbocycles. The van der Waals surface area contributed by atoms with Gasteiger partial charge in [-0.3, -0.25) is 0 Å². The van der Waals surface area contributed by atoms with Crippen molar-refractivity contribution in [2.75, 3.05) is 12.3 Å². The number of alkyl halides is 3. The molecule has 11 heteroatoms. The van der Waals surface area contributed by atoms with E-state index in [4.69, 9.17) is 15.6 Å². The summed E-state index contributed by atoms with van der Waals surface area (Å²) in [6.45, 7) is 0.681. The molecule has 0 atom stereocenters. The van der Waals surface area contributed by atoms with Crippen LogP contribution in [0.5, 0.6) is 5.75 Å². The molecule has 0 unspecified atom stereocenters. The minimum absolute atomic E-state index is 0.107. The molecule has 30 heavy (non-hydrogen) atoms. The van der Waals surface area contributed by atoms with Crippen LogP contribution in [0, 0.1) is 0 Å². The summed E-state index contributed by atoms with van der Waals surface area (Å²) in [6.07, 6.45) is -1.91. The number of hydrogen-bond donors (Lipinski definition) is 2. The largest absolute Gasteiger partial charge is 0.493 e. The maximum atomic E-state index is 12.8. The number of carboxylic acids is 1. The van der Waals surface area contributed by atoms with Crippen LogP contribution in [0.4, 0.5) is 19.0 Å². The molecule has 0 aliphatic carbocycles. The number of nitrogens with two attached hydrogens (primary N) is 1. The molecular weight excluding hydrogens is 403 g/mol. The Morgan fingerprint density at radius 2 is 2.00 bits per heavy atom. The fourth-order valence-electron chi connectivity index (χ4n) is 2.76. The van der Waals surface area contributed by atoms with Gasteiger partial charge in [-0.05, 0) is 43.2 Å². The molecule has 0 radical (unpaired) electrons. The molecule has 3 aromatic rings. The molecule has 0 saturated heterocycles. The summed E-state index contributed by atoms with van der Waals surface area (Å²) in [6, 6.07) is 7.57. The number of ether oxygens (including phenoxy) is 1. The van der Waals surface area contributed by atoms with Gasteiger partial charge >= 0.3 is 12.1 Å². The van der Waals surface area contributed by atoms with Crippen molar-refractivity contribution in [2.24, 2.45) is 0 Å². The fraction of sp³-hybridized carbons (Fsp3) is 0.263. The SMILES string of the molecule is Nc1cccc(-c2nncn2CCCCOc2ccc(C(F)(F)F)cc2C(=O)O)n1. The lowest BCUT2D eigenvalue weighted by Gasteiger charge is -2.12. The van der Waals surface area contributed by atoms with E-state index in [1.807, 2.05) is 0 Å². The summed E-state index contributed by atoms with van der Waals surface area (Å²) >= 11 is 0.